The molecule has 12 heavy (non-hydrogen) atoms. The number of hydrogen-bond donors (Lipinski definition) is 2. The largest absolute Gasteiger partial charge is 0.497 e. The SMILES string of the molecule is C.COc1ccc(B(O)O)cc1. The number of hydrogen-bond acceptors (Lipinski definition) is 3. The Morgan fingerprint density at radius 1 is 1.17 bits per heavy atom. The Bertz CT molecular complexity index is 220. The van der Waals surface area contributed by atoms with Crippen molar-refractivity contribution in [1.29, 1.82) is 0 Å². The van der Waals surface area contributed by atoms with Gasteiger partial charge in [0, 0.05) is 0 Å². The highest BCUT2D eigenvalue weighted by atomic mass is 16.5. The molecular weight excluding hydrogens is 155 g/mol. The quantitative estimate of drug-likeness (QED) is 0.611. The van der Waals surface area contributed by atoms with Crippen molar-refractivity contribution in [2.45, 2.75) is 7.43 Å². The summed E-state index contributed by atoms with van der Waals surface area (Å²) in [5.41, 5.74) is 0.464. The molecule has 0 unspecified atom stereocenters. The monoisotopic (exact) mass is 168 g/mol. The highest BCUT2D eigenvalue weighted by molar-refractivity contribution is 6.58. The van der Waals surface area contributed by atoms with E-state index in [0.717, 1.165) is 0 Å². The Balaban J connectivity index is 0.00000121. The maximum atomic E-state index is 8.70. The molecule has 0 bridgehead atoms. The van der Waals surface area contributed by atoms with Gasteiger partial charge in [-0.15, -0.1) is 0 Å². The fraction of sp³-hybridized carbons (Fsp3) is 0.250. The second kappa shape index (κ2) is 4.80. The molecule has 0 aliphatic carbocycles. The molecule has 0 fully saturated rings. The third-order valence-electron chi connectivity index (χ3n) is 1.41. The summed E-state index contributed by atoms with van der Waals surface area (Å²) in [5, 5.41) is 17.4. The summed E-state index contributed by atoms with van der Waals surface area (Å²) in [7, 11) is 0.158. The topological polar surface area (TPSA) is 49.7 Å². The summed E-state index contributed by atoms with van der Waals surface area (Å²) in [6.07, 6.45) is 0. The van der Waals surface area contributed by atoms with Crippen LogP contribution in [-0.2, 0) is 0 Å². The van der Waals surface area contributed by atoms with E-state index in [1.54, 1.807) is 31.4 Å². The normalized spacial score (nSPS) is 8.58. The van der Waals surface area contributed by atoms with Gasteiger partial charge in [0.15, 0.2) is 0 Å². The van der Waals surface area contributed by atoms with E-state index in [9.17, 15) is 0 Å². The number of methoxy groups -OCH3 is 1. The van der Waals surface area contributed by atoms with Crippen LogP contribution in [0.1, 0.15) is 7.43 Å². The van der Waals surface area contributed by atoms with Gasteiger partial charge in [-0.1, -0.05) is 19.6 Å². The summed E-state index contributed by atoms with van der Waals surface area (Å²) < 4.78 is 4.89. The Kier molecular flexibility index (Phi) is 4.40. The van der Waals surface area contributed by atoms with Crippen LogP contribution in [-0.4, -0.2) is 24.3 Å². The predicted octanol–water partition coefficient (Wildman–Crippen LogP) is 0.0111. The molecule has 0 spiro atoms. The minimum atomic E-state index is -1.40. The van der Waals surface area contributed by atoms with Gasteiger partial charge in [0.05, 0.1) is 7.11 Å². The molecule has 0 radical (unpaired) electrons. The van der Waals surface area contributed by atoms with Gasteiger partial charge >= 0.3 is 7.12 Å². The predicted molar refractivity (Wildman–Crippen MR) is 49.6 cm³/mol. The molecule has 3 nitrogen and oxygen atoms in total. The lowest BCUT2D eigenvalue weighted by atomic mass is 9.80. The van der Waals surface area contributed by atoms with Gasteiger partial charge in [-0.3, -0.25) is 0 Å². The minimum Gasteiger partial charge on any atom is -0.497 e. The molecule has 4 heteroatoms. The highest BCUT2D eigenvalue weighted by Gasteiger charge is 2.09. The molecular formula is C8H13BO3. The summed E-state index contributed by atoms with van der Waals surface area (Å²) >= 11 is 0. The lowest BCUT2D eigenvalue weighted by Crippen LogP contribution is -2.29. The van der Waals surface area contributed by atoms with Crippen molar-refractivity contribution in [2.75, 3.05) is 7.11 Å². The molecule has 0 aliphatic rings. The van der Waals surface area contributed by atoms with Crippen LogP contribution >= 0.6 is 0 Å². The standard InChI is InChI=1S/C7H9BO3.CH4/c1-11-7-4-2-6(3-5-7)8(9)10;/h2-5,9-10H,1H3;1H4. The minimum absolute atomic E-state index is 0. The summed E-state index contributed by atoms with van der Waals surface area (Å²) in [4.78, 5) is 0. The van der Waals surface area contributed by atoms with Gasteiger partial charge in [0.1, 0.15) is 5.75 Å². The van der Waals surface area contributed by atoms with E-state index in [2.05, 4.69) is 0 Å². The molecule has 0 atom stereocenters. The van der Waals surface area contributed by atoms with Crippen LogP contribution in [0.5, 0.6) is 5.75 Å². The zero-order chi connectivity index (χ0) is 8.27. The van der Waals surface area contributed by atoms with E-state index in [1.807, 2.05) is 0 Å². The molecule has 0 aliphatic heterocycles. The van der Waals surface area contributed by atoms with Crippen LogP contribution in [0.15, 0.2) is 24.3 Å². The molecule has 0 amide bonds. The first-order valence-electron chi connectivity index (χ1n) is 3.24. The third kappa shape index (κ3) is 2.56. The molecule has 66 valence electrons. The molecule has 2 N–H and O–H groups in total. The molecule has 1 rings (SSSR count). The maximum absolute atomic E-state index is 8.70. The van der Waals surface area contributed by atoms with Crippen LogP contribution in [0.25, 0.3) is 0 Å². The van der Waals surface area contributed by atoms with Crippen molar-refractivity contribution < 1.29 is 14.8 Å². The molecule has 1 aromatic carbocycles. The van der Waals surface area contributed by atoms with E-state index in [0.29, 0.717) is 11.2 Å². The summed E-state index contributed by atoms with van der Waals surface area (Å²) in [5.74, 6) is 0.703. The average Bonchev–Trinajstić information content (AvgIpc) is 2.05. The van der Waals surface area contributed by atoms with Crippen molar-refractivity contribution in [3.8, 4) is 5.75 Å². The van der Waals surface area contributed by atoms with Crippen LogP contribution < -0.4 is 10.2 Å². The summed E-state index contributed by atoms with van der Waals surface area (Å²) in [6.45, 7) is 0. The van der Waals surface area contributed by atoms with Gasteiger partial charge in [-0.05, 0) is 17.6 Å². The molecule has 0 saturated heterocycles. The molecule has 0 saturated carbocycles. The zero-order valence-corrected chi connectivity index (χ0v) is 6.19. The van der Waals surface area contributed by atoms with Gasteiger partial charge in [0.25, 0.3) is 0 Å². The van der Waals surface area contributed by atoms with Crippen molar-refractivity contribution in [1.82, 2.24) is 0 Å². The van der Waals surface area contributed by atoms with Crippen LogP contribution in [0, 0.1) is 0 Å². The van der Waals surface area contributed by atoms with E-state index < -0.39 is 7.12 Å². The maximum Gasteiger partial charge on any atom is 0.488 e. The lowest BCUT2D eigenvalue weighted by molar-refractivity contribution is 0.414. The molecule has 0 heterocycles. The Hall–Kier alpha value is -0.995. The molecule has 1 aromatic rings. The van der Waals surface area contributed by atoms with E-state index >= 15 is 0 Å². The van der Waals surface area contributed by atoms with Crippen LogP contribution in [0.4, 0.5) is 0 Å². The molecule has 0 aromatic heterocycles. The Morgan fingerprint density at radius 3 is 2.00 bits per heavy atom. The number of benzene rings is 1. The van der Waals surface area contributed by atoms with Gasteiger partial charge in [-0.2, -0.15) is 0 Å². The first kappa shape index (κ1) is 11.0. The second-order valence-electron chi connectivity index (χ2n) is 2.15. The van der Waals surface area contributed by atoms with Gasteiger partial charge in [-0.25, -0.2) is 0 Å². The first-order valence-corrected chi connectivity index (χ1v) is 3.24. The van der Waals surface area contributed by atoms with Crippen molar-refractivity contribution in [3.05, 3.63) is 24.3 Å². The van der Waals surface area contributed by atoms with Crippen molar-refractivity contribution in [2.24, 2.45) is 0 Å². The number of rotatable bonds is 2. The van der Waals surface area contributed by atoms with Gasteiger partial charge < -0.3 is 14.8 Å². The number of ether oxygens (including phenoxy) is 1. The van der Waals surface area contributed by atoms with Crippen molar-refractivity contribution in [3.63, 3.8) is 0 Å². The highest BCUT2D eigenvalue weighted by Crippen LogP contribution is 2.05. The second-order valence-corrected chi connectivity index (χ2v) is 2.15. The van der Waals surface area contributed by atoms with Crippen molar-refractivity contribution >= 4 is 12.6 Å². The zero-order valence-electron chi connectivity index (χ0n) is 6.19. The smallest absolute Gasteiger partial charge is 0.488 e. The fourth-order valence-corrected chi connectivity index (χ4v) is 0.776. The van der Waals surface area contributed by atoms with Crippen LogP contribution in [0.3, 0.4) is 0 Å². The van der Waals surface area contributed by atoms with E-state index in [1.165, 1.54) is 0 Å². The Labute approximate surface area is 72.8 Å². The van der Waals surface area contributed by atoms with E-state index in [-0.39, 0.29) is 7.43 Å². The lowest BCUT2D eigenvalue weighted by Gasteiger charge is -2.00. The van der Waals surface area contributed by atoms with Gasteiger partial charge in [0.2, 0.25) is 0 Å². The van der Waals surface area contributed by atoms with E-state index in [4.69, 9.17) is 14.8 Å². The first-order chi connectivity index (χ1) is 5.24. The Morgan fingerprint density at radius 2 is 1.67 bits per heavy atom. The fourth-order valence-electron chi connectivity index (χ4n) is 0.776. The summed E-state index contributed by atoms with van der Waals surface area (Å²) in [6, 6.07) is 6.55. The third-order valence-corrected chi connectivity index (χ3v) is 1.41. The van der Waals surface area contributed by atoms with Crippen LogP contribution in [0.2, 0.25) is 0 Å². The average molecular weight is 168 g/mol.